The summed E-state index contributed by atoms with van der Waals surface area (Å²) < 4.78 is 6.52. The van der Waals surface area contributed by atoms with Gasteiger partial charge >= 0.3 is 0 Å². The number of aromatic nitrogens is 1. The molecule has 0 bridgehead atoms. The predicted molar refractivity (Wildman–Crippen MR) is 79.7 cm³/mol. The van der Waals surface area contributed by atoms with Crippen molar-refractivity contribution in [2.75, 3.05) is 5.32 Å². The fourth-order valence-corrected chi connectivity index (χ4v) is 2.32. The molecule has 0 aliphatic carbocycles. The van der Waals surface area contributed by atoms with Gasteiger partial charge in [-0.1, -0.05) is 15.9 Å². The van der Waals surface area contributed by atoms with Crippen molar-refractivity contribution in [3.8, 4) is 5.75 Å². The summed E-state index contributed by atoms with van der Waals surface area (Å²) in [5.74, 6) is 0.443. The predicted octanol–water partition coefficient (Wildman–Crippen LogP) is 3.62. The van der Waals surface area contributed by atoms with Gasteiger partial charge in [-0.25, -0.2) is 4.98 Å². The summed E-state index contributed by atoms with van der Waals surface area (Å²) in [4.78, 5) is 17.0. The number of amides is 1. The quantitative estimate of drug-likeness (QED) is 0.924. The highest BCUT2D eigenvalue weighted by Crippen LogP contribution is 2.19. The zero-order valence-electron chi connectivity index (χ0n) is 10.5. The second-order valence-electron chi connectivity index (χ2n) is 3.98. The van der Waals surface area contributed by atoms with Gasteiger partial charge in [0.05, 0.1) is 0 Å². The summed E-state index contributed by atoms with van der Waals surface area (Å²) in [6.07, 6.45) is 1.14. The third kappa shape index (κ3) is 4.04. The normalized spacial score (nSPS) is 11.9. The van der Waals surface area contributed by atoms with Crippen molar-refractivity contribution < 1.29 is 9.53 Å². The Labute approximate surface area is 124 Å². The first-order chi connectivity index (χ1) is 9.04. The van der Waals surface area contributed by atoms with Crippen LogP contribution in [0.4, 0.5) is 5.13 Å². The van der Waals surface area contributed by atoms with E-state index < -0.39 is 6.10 Å². The van der Waals surface area contributed by atoms with E-state index in [1.807, 2.05) is 19.1 Å². The summed E-state index contributed by atoms with van der Waals surface area (Å²) in [7, 11) is 0. The van der Waals surface area contributed by atoms with Crippen LogP contribution in [0.3, 0.4) is 0 Å². The molecular weight excluding hydrogens is 328 g/mol. The second-order valence-corrected chi connectivity index (χ2v) is 6.13. The molecule has 1 amide bonds. The van der Waals surface area contributed by atoms with Crippen LogP contribution in [-0.4, -0.2) is 17.0 Å². The molecule has 0 aliphatic heterocycles. The van der Waals surface area contributed by atoms with E-state index in [4.69, 9.17) is 4.74 Å². The zero-order valence-corrected chi connectivity index (χ0v) is 12.9. The molecule has 1 N–H and O–H groups in total. The van der Waals surface area contributed by atoms with Crippen LogP contribution in [0.15, 0.2) is 34.9 Å². The Morgan fingerprint density at radius 1 is 1.42 bits per heavy atom. The smallest absolute Gasteiger partial charge is 0.266 e. The van der Waals surface area contributed by atoms with Crippen LogP contribution in [-0.2, 0) is 4.79 Å². The summed E-state index contributed by atoms with van der Waals surface area (Å²) in [5, 5.41) is 3.32. The average molecular weight is 341 g/mol. The zero-order chi connectivity index (χ0) is 13.8. The van der Waals surface area contributed by atoms with Crippen molar-refractivity contribution in [1.29, 1.82) is 0 Å². The highest BCUT2D eigenvalue weighted by Gasteiger charge is 2.16. The van der Waals surface area contributed by atoms with Crippen molar-refractivity contribution in [2.45, 2.75) is 20.0 Å². The van der Waals surface area contributed by atoms with Crippen molar-refractivity contribution in [2.24, 2.45) is 0 Å². The molecule has 2 rings (SSSR count). The number of hydrogen-bond acceptors (Lipinski definition) is 4. The third-order valence-corrected chi connectivity index (χ3v) is 3.70. The molecule has 2 aromatic rings. The van der Waals surface area contributed by atoms with E-state index in [0.717, 1.165) is 9.35 Å². The number of benzene rings is 1. The molecule has 1 unspecified atom stereocenters. The molecule has 1 aromatic heterocycles. The molecule has 0 saturated heterocycles. The van der Waals surface area contributed by atoms with Crippen molar-refractivity contribution in [3.63, 3.8) is 0 Å². The minimum absolute atomic E-state index is 0.211. The SMILES string of the molecule is Cc1cnc(NC(=O)C(C)Oc2ccc(Br)cc2)s1. The van der Waals surface area contributed by atoms with Crippen LogP contribution in [0.25, 0.3) is 0 Å². The van der Waals surface area contributed by atoms with Gasteiger partial charge in [-0.3, -0.25) is 10.1 Å². The minimum Gasteiger partial charge on any atom is -0.481 e. The maximum atomic E-state index is 11.9. The van der Waals surface area contributed by atoms with Gasteiger partial charge in [-0.15, -0.1) is 11.3 Å². The van der Waals surface area contributed by atoms with E-state index in [1.165, 1.54) is 11.3 Å². The summed E-state index contributed by atoms with van der Waals surface area (Å²) in [6, 6.07) is 7.34. The molecule has 100 valence electrons. The van der Waals surface area contributed by atoms with Crippen LogP contribution in [0.5, 0.6) is 5.75 Å². The maximum absolute atomic E-state index is 11.9. The Bertz CT molecular complexity index is 568. The van der Waals surface area contributed by atoms with Gasteiger partial charge < -0.3 is 4.74 Å². The fraction of sp³-hybridized carbons (Fsp3) is 0.231. The highest BCUT2D eigenvalue weighted by atomic mass is 79.9. The molecule has 0 fully saturated rings. The van der Waals surface area contributed by atoms with Gasteiger partial charge in [0.15, 0.2) is 11.2 Å². The number of nitrogens with one attached hydrogen (secondary N) is 1. The lowest BCUT2D eigenvalue weighted by Crippen LogP contribution is -2.30. The van der Waals surface area contributed by atoms with Crippen molar-refractivity contribution in [1.82, 2.24) is 4.98 Å². The Hall–Kier alpha value is -1.40. The van der Waals surface area contributed by atoms with Crippen LogP contribution in [0, 0.1) is 6.92 Å². The van der Waals surface area contributed by atoms with E-state index in [-0.39, 0.29) is 5.91 Å². The number of carbonyl (C=O) groups excluding carboxylic acids is 1. The molecule has 19 heavy (non-hydrogen) atoms. The Balaban J connectivity index is 1.94. The molecule has 4 nitrogen and oxygen atoms in total. The van der Waals surface area contributed by atoms with E-state index in [1.54, 1.807) is 25.3 Å². The number of aryl methyl sites for hydroxylation is 1. The number of thiazole rings is 1. The van der Waals surface area contributed by atoms with E-state index >= 15 is 0 Å². The number of halogens is 1. The van der Waals surface area contributed by atoms with Crippen LogP contribution < -0.4 is 10.1 Å². The van der Waals surface area contributed by atoms with Gasteiger partial charge in [0.25, 0.3) is 5.91 Å². The molecule has 0 aliphatic rings. The number of anilines is 1. The first-order valence-electron chi connectivity index (χ1n) is 5.70. The molecule has 1 aromatic carbocycles. The van der Waals surface area contributed by atoms with E-state index in [9.17, 15) is 4.79 Å². The molecule has 0 radical (unpaired) electrons. The summed E-state index contributed by atoms with van der Waals surface area (Å²) >= 11 is 4.78. The topological polar surface area (TPSA) is 51.2 Å². The molecule has 6 heteroatoms. The Morgan fingerprint density at radius 2 is 2.11 bits per heavy atom. The number of rotatable bonds is 4. The largest absolute Gasteiger partial charge is 0.481 e. The van der Waals surface area contributed by atoms with Crippen LogP contribution in [0.1, 0.15) is 11.8 Å². The fourth-order valence-electron chi connectivity index (χ4n) is 1.39. The van der Waals surface area contributed by atoms with Crippen molar-refractivity contribution in [3.05, 3.63) is 39.8 Å². The molecule has 1 heterocycles. The standard InChI is InChI=1S/C13H13BrN2O2S/c1-8-7-15-13(19-8)16-12(17)9(2)18-11-5-3-10(14)4-6-11/h3-7,9H,1-2H3,(H,15,16,17). The van der Waals surface area contributed by atoms with Gasteiger partial charge in [-0.05, 0) is 38.1 Å². The average Bonchev–Trinajstić information content (AvgIpc) is 2.77. The highest BCUT2D eigenvalue weighted by molar-refractivity contribution is 9.10. The summed E-state index contributed by atoms with van der Waals surface area (Å²) in [5.41, 5.74) is 0. The Morgan fingerprint density at radius 3 is 2.68 bits per heavy atom. The molecular formula is C13H13BrN2O2S. The van der Waals surface area contributed by atoms with Crippen LogP contribution in [0.2, 0.25) is 0 Å². The second kappa shape index (κ2) is 6.16. The minimum atomic E-state index is -0.578. The lowest BCUT2D eigenvalue weighted by Gasteiger charge is -2.13. The summed E-state index contributed by atoms with van der Waals surface area (Å²) in [6.45, 7) is 3.65. The lowest BCUT2D eigenvalue weighted by atomic mass is 10.3. The first kappa shape index (κ1) is 14.0. The monoisotopic (exact) mass is 340 g/mol. The van der Waals surface area contributed by atoms with Gasteiger partial charge in [-0.2, -0.15) is 0 Å². The van der Waals surface area contributed by atoms with Gasteiger partial charge in [0, 0.05) is 15.5 Å². The number of carbonyl (C=O) groups is 1. The number of ether oxygens (including phenoxy) is 1. The van der Waals surface area contributed by atoms with Gasteiger partial charge in [0.1, 0.15) is 5.75 Å². The lowest BCUT2D eigenvalue weighted by molar-refractivity contribution is -0.122. The van der Waals surface area contributed by atoms with Crippen LogP contribution >= 0.6 is 27.3 Å². The first-order valence-corrected chi connectivity index (χ1v) is 7.31. The molecule has 1 atom stereocenters. The number of hydrogen-bond donors (Lipinski definition) is 1. The third-order valence-electron chi connectivity index (χ3n) is 2.35. The molecule has 0 spiro atoms. The molecule has 0 saturated carbocycles. The van der Waals surface area contributed by atoms with E-state index in [2.05, 4.69) is 26.2 Å². The maximum Gasteiger partial charge on any atom is 0.266 e. The number of nitrogens with zero attached hydrogens (tertiary/aromatic N) is 1. The van der Waals surface area contributed by atoms with E-state index in [0.29, 0.717) is 10.9 Å². The Kier molecular flexibility index (Phi) is 4.55. The van der Waals surface area contributed by atoms with Crippen molar-refractivity contribution >= 4 is 38.3 Å². The van der Waals surface area contributed by atoms with Gasteiger partial charge in [0.2, 0.25) is 0 Å².